The highest BCUT2D eigenvalue weighted by Gasteiger charge is 2.17. The summed E-state index contributed by atoms with van der Waals surface area (Å²) >= 11 is 0. The van der Waals surface area contributed by atoms with Crippen LogP contribution in [0.1, 0.15) is 32.1 Å². The Morgan fingerprint density at radius 3 is 2.75 bits per heavy atom. The molecule has 3 aromatic rings. The average molecular weight is 380 g/mol. The molecule has 9 heteroatoms. The van der Waals surface area contributed by atoms with Gasteiger partial charge in [-0.15, -0.1) is 5.10 Å². The highest BCUT2D eigenvalue weighted by molar-refractivity contribution is 5.76. The molecule has 0 atom stereocenters. The maximum Gasteiger partial charge on any atom is 0.412 e. The molecular formula is C19H20N6O3. The molecule has 1 aromatic carbocycles. The van der Waals surface area contributed by atoms with Gasteiger partial charge < -0.3 is 15.2 Å². The Balaban J connectivity index is 1.52. The van der Waals surface area contributed by atoms with Crippen LogP contribution in [0.5, 0.6) is 11.5 Å². The Bertz CT molecular complexity index is 954. The summed E-state index contributed by atoms with van der Waals surface area (Å²) in [6, 6.07) is 6.60. The van der Waals surface area contributed by atoms with Crippen molar-refractivity contribution >= 4 is 6.09 Å². The summed E-state index contributed by atoms with van der Waals surface area (Å²) in [5, 5.41) is 26.8. The van der Waals surface area contributed by atoms with Crippen LogP contribution in [-0.4, -0.2) is 42.8 Å². The standard InChI is InChI=1S/C19H20N6O3/c26-17-7-6-15(28-19(27)21-14-4-2-1-3-5-14)9-16(17)12-8-13(11-20-10-12)18-22-24-25-23-18/h6-11,14,26H,1-5H2,(H,21,27)(H,22,23,24,25). The number of carbonyl (C=O) groups excluding carboxylic acids is 1. The summed E-state index contributed by atoms with van der Waals surface area (Å²) in [7, 11) is 0. The number of ether oxygens (including phenoxy) is 1. The molecule has 1 saturated carbocycles. The van der Waals surface area contributed by atoms with Crippen molar-refractivity contribution in [2.24, 2.45) is 0 Å². The third-order valence-corrected chi connectivity index (χ3v) is 4.77. The van der Waals surface area contributed by atoms with E-state index in [9.17, 15) is 9.90 Å². The van der Waals surface area contributed by atoms with E-state index >= 15 is 0 Å². The first-order chi connectivity index (χ1) is 13.7. The fourth-order valence-electron chi connectivity index (χ4n) is 3.36. The van der Waals surface area contributed by atoms with Crippen molar-refractivity contribution in [2.75, 3.05) is 0 Å². The van der Waals surface area contributed by atoms with Crippen molar-refractivity contribution in [3.05, 3.63) is 36.7 Å². The Hall–Kier alpha value is -3.49. The van der Waals surface area contributed by atoms with Crippen LogP contribution in [0.25, 0.3) is 22.5 Å². The minimum atomic E-state index is -0.483. The summed E-state index contributed by atoms with van der Waals surface area (Å²) in [5.74, 6) is 0.857. The minimum absolute atomic E-state index is 0.0506. The van der Waals surface area contributed by atoms with Crippen LogP contribution < -0.4 is 10.1 Å². The number of hydrogen-bond donors (Lipinski definition) is 3. The minimum Gasteiger partial charge on any atom is -0.507 e. The number of hydrogen-bond acceptors (Lipinski definition) is 7. The average Bonchev–Trinajstić information content (AvgIpc) is 3.25. The number of rotatable bonds is 4. The van der Waals surface area contributed by atoms with Crippen molar-refractivity contribution in [3.8, 4) is 34.0 Å². The number of nitrogens with zero attached hydrogens (tertiary/aromatic N) is 4. The number of aromatic amines is 1. The largest absolute Gasteiger partial charge is 0.507 e. The highest BCUT2D eigenvalue weighted by atomic mass is 16.6. The molecule has 1 fully saturated rings. The van der Waals surface area contributed by atoms with E-state index in [1.54, 1.807) is 30.6 Å². The van der Waals surface area contributed by atoms with Gasteiger partial charge in [0.05, 0.1) is 0 Å². The molecule has 3 N–H and O–H groups in total. The predicted molar refractivity (Wildman–Crippen MR) is 101 cm³/mol. The number of pyridine rings is 1. The van der Waals surface area contributed by atoms with E-state index in [0.29, 0.717) is 28.3 Å². The number of carbonyl (C=O) groups is 1. The van der Waals surface area contributed by atoms with Gasteiger partial charge in [-0.05, 0) is 47.5 Å². The molecule has 0 unspecified atom stereocenters. The van der Waals surface area contributed by atoms with Crippen LogP contribution in [0.3, 0.4) is 0 Å². The number of amides is 1. The van der Waals surface area contributed by atoms with Gasteiger partial charge in [0.25, 0.3) is 0 Å². The van der Waals surface area contributed by atoms with Gasteiger partial charge in [0.1, 0.15) is 11.5 Å². The van der Waals surface area contributed by atoms with E-state index in [1.165, 1.54) is 12.5 Å². The van der Waals surface area contributed by atoms with Gasteiger partial charge in [-0.1, -0.05) is 19.3 Å². The maximum atomic E-state index is 12.2. The third kappa shape index (κ3) is 4.08. The van der Waals surface area contributed by atoms with Gasteiger partial charge in [0.15, 0.2) is 5.82 Å². The molecule has 0 spiro atoms. The fraction of sp³-hybridized carbons (Fsp3) is 0.316. The van der Waals surface area contributed by atoms with E-state index in [4.69, 9.17) is 4.74 Å². The molecule has 0 aliphatic heterocycles. The first-order valence-electron chi connectivity index (χ1n) is 9.20. The second kappa shape index (κ2) is 8.03. The van der Waals surface area contributed by atoms with E-state index in [0.717, 1.165) is 25.7 Å². The van der Waals surface area contributed by atoms with Crippen molar-refractivity contribution in [1.82, 2.24) is 30.9 Å². The third-order valence-electron chi connectivity index (χ3n) is 4.77. The molecule has 9 nitrogen and oxygen atoms in total. The Labute approximate surface area is 161 Å². The SMILES string of the molecule is O=C(NC1CCCCC1)Oc1ccc(O)c(-c2cncc(-c3nnn[nH]3)c2)c1. The van der Waals surface area contributed by atoms with Gasteiger partial charge >= 0.3 is 6.09 Å². The van der Waals surface area contributed by atoms with Crippen molar-refractivity contribution < 1.29 is 14.6 Å². The molecule has 0 bridgehead atoms. The smallest absolute Gasteiger partial charge is 0.412 e. The first-order valence-corrected chi connectivity index (χ1v) is 9.20. The number of aromatic nitrogens is 5. The van der Waals surface area contributed by atoms with Gasteiger partial charge in [-0.25, -0.2) is 9.89 Å². The van der Waals surface area contributed by atoms with Crippen LogP contribution in [0, 0.1) is 0 Å². The van der Waals surface area contributed by atoms with Gasteiger partial charge in [-0.2, -0.15) is 0 Å². The number of nitrogens with one attached hydrogen (secondary N) is 2. The number of tetrazole rings is 1. The molecule has 144 valence electrons. The van der Waals surface area contributed by atoms with Crippen LogP contribution in [0.2, 0.25) is 0 Å². The molecule has 0 saturated heterocycles. The monoisotopic (exact) mass is 380 g/mol. The molecule has 1 aliphatic rings. The summed E-state index contributed by atoms with van der Waals surface area (Å²) in [6.45, 7) is 0. The molecule has 4 rings (SSSR count). The highest BCUT2D eigenvalue weighted by Crippen LogP contribution is 2.33. The number of benzene rings is 1. The quantitative estimate of drug-likeness (QED) is 0.635. The molecule has 1 amide bonds. The fourth-order valence-corrected chi connectivity index (χ4v) is 3.36. The lowest BCUT2D eigenvalue weighted by Gasteiger charge is -2.22. The Kier molecular flexibility index (Phi) is 5.14. The van der Waals surface area contributed by atoms with Gasteiger partial charge in [-0.3, -0.25) is 4.98 Å². The topological polar surface area (TPSA) is 126 Å². The van der Waals surface area contributed by atoms with Crippen LogP contribution >= 0.6 is 0 Å². The summed E-state index contributed by atoms with van der Waals surface area (Å²) in [5.41, 5.74) is 1.80. The van der Waals surface area contributed by atoms with Crippen LogP contribution in [0.15, 0.2) is 36.7 Å². The predicted octanol–water partition coefficient (Wildman–Crippen LogP) is 3.06. The van der Waals surface area contributed by atoms with Crippen molar-refractivity contribution in [3.63, 3.8) is 0 Å². The maximum absolute atomic E-state index is 12.2. The second-order valence-corrected chi connectivity index (χ2v) is 6.76. The zero-order valence-electron chi connectivity index (χ0n) is 15.1. The second-order valence-electron chi connectivity index (χ2n) is 6.76. The van der Waals surface area contributed by atoms with E-state index in [-0.39, 0.29) is 11.8 Å². The summed E-state index contributed by atoms with van der Waals surface area (Å²) < 4.78 is 5.42. The summed E-state index contributed by atoms with van der Waals surface area (Å²) in [4.78, 5) is 16.4. The molecular weight excluding hydrogens is 360 g/mol. The van der Waals surface area contributed by atoms with E-state index < -0.39 is 6.09 Å². The van der Waals surface area contributed by atoms with E-state index in [2.05, 4.69) is 30.9 Å². The van der Waals surface area contributed by atoms with Crippen LogP contribution in [-0.2, 0) is 0 Å². The molecule has 0 radical (unpaired) electrons. The van der Waals surface area contributed by atoms with Crippen LogP contribution in [0.4, 0.5) is 4.79 Å². The number of phenolic OH excluding ortho intramolecular Hbond substituents is 1. The van der Waals surface area contributed by atoms with Crippen molar-refractivity contribution in [1.29, 1.82) is 0 Å². The molecule has 28 heavy (non-hydrogen) atoms. The van der Waals surface area contributed by atoms with Crippen molar-refractivity contribution in [2.45, 2.75) is 38.1 Å². The van der Waals surface area contributed by atoms with Gasteiger partial charge in [0.2, 0.25) is 0 Å². The van der Waals surface area contributed by atoms with E-state index in [1.807, 2.05) is 0 Å². The lowest BCUT2D eigenvalue weighted by Crippen LogP contribution is -2.37. The zero-order valence-corrected chi connectivity index (χ0v) is 15.1. The lowest BCUT2D eigenvalue weighted by molar-refractivity contribution is 0.192. The normalized spacial score (nSPS) is 14.6. The number of aromatic hydroxyl groups is 1. The molecule has 1 aliphatic carbocycles. The summed E-state index contributed by atoms with van der Waals surface area (Å²) in [6.07, 6.45) is 8.15. The van der Waals surface area contributed by atoms with Gasteiger partial charge in [0, 0.05) is 35.1 Å². The lowest BCUT2D eigenvalue weighted by atomic mass is 9.96. The Morgan fingerprint density at radius 2 is 1.96 bits per heavy atom. The number of phenols is 1. The number of H-pyrrole nitrogens is 1. The zero-order chi connectivity index (χ0) is 19.3. The Morgan fingerprint density at radius 1 is 1.14 bits per heavy atom. The molecule has 2 heterocycles. The molecule has 2 aromatic heterocycles. The first kappa shape index (κ1) is 17.9.